The molecule has 10 nitrogen and oxygen atoms in total. The summed E-state index contributed by atoms with van der Waals surface area (Å²) in [5, 5.41) is 0. The molecule has 0 bridgehead atoms. The van der Waals surface area contributed by atoms with Gasteiger partial charge < -0.3 is 12.3 Å². The van der Waals surface area contributed by atoms with Gasteiger partial charge in [0.15, 0.2) is 0 Å². The summed E-state index contributed by atoms with van der Waals surface area (Å²) in [6.45, 7) is 6.00. The van der Waals surface area contributed by atoms with Crippen LogP contribution in [-0.4, -0.2) is 9.32 Å². The molecule has 0 fully saturated rings. The van der Waals surface area contributed by atoms with Crippen LogP contribution in [-0.2, 0) is 0 Å². The minimum atomic E-state index is -4.69. The van der Waals surface area contributed by atoms with Gasteiger partial charge in [-0.2, -0.15) is 28.0 Å². The third kappa shape index (κ3) is 222000. The van der Waals surface area contributed by atoms with Gasteiger partial charge in [0.1, 0.15) is 0 Å². The molecule has 0 saturated carbocycles. The molecular weight excluding hydrogens is 251 g/mol. The molecule has 0 aromatic rings. The molecule has 0 unspecified atom stereocenters. The Morgan fingerprint density at radius 2 is 0.643 bits per heavy atom. The summed E-state index contributed by atoms with van der Waals surface area (Å²) < 4.78 is 65.4. The molecule has 12 heteroatoms. The molecule has 0 amide bonds. The first-order valence-corrected chi connectivity index (χ1v) is 4.29. The normalized spacial score (nSPS) is 8.86. The summed E-state index contributed by atoms with van der Waals surface area (Å²) in [5.74, 6) is 0. The van der Waals surface area contributed by atoms with Crippen molar-refractivity contribution in [1.82, 2.24) is 12.3 Å². The van der Waals surface area contributed by atoms with Crippen molar-refractivity contribution in [3.05, 3.63) is 13.2 Å². The van der Waals surface area contributed by atoms with Crippen LogP contribution in [0.5, 0.6) is 0 Å². The van der Waals surface area contributed by atoms with Crippen molar-refractivity contribution in [3.8, 4) is 0 Å². The Labute approximate surface area is 84.0 Å². The molecular formula is C2H12Cl2N2O8. The predicted molar refractivity (Wildman–Crippen MR) is 25.7 cm³/mol. The topological polar surface area (TPSA) is 249 Å². The third-order valence-corrected chi connectivity index (χ3v) is 0. The Bertz CT molecular complexity index is 76.5. The monoisotopic (exact) mass is 262 g/mol. The van der Waals surface area contributed by atoms with Crippen LogP contribution in [0.15, 0.2) is 13.2 Å². The van der Waals surface area contributed by atoms with E-state index in [0.29, 0.717) is 0 Å². The highest BCUT2D eigenvalue weighted by molar-refractivity contribution is 4.22. The van der Waals surface area contributed by atoms with Gasteiger partial charge in [0.05, 0.1) is 29.8 Å². The van der Waals surface area contributed by atoms with Crippen molar-refractivity contribution in [2.24, 2.45) is 0 Å². The Balaban J connectivity index is -0.0000000292. The zero-order valence-electron chi connectivity index (χ0n) is 6.93. The molecule has 0 aliphatic rings. The van der Waals surface area contributed by atoms with Crippen molar-refractivity contribution in [1.29, 1.82) is 0 Å². The average Bonchev–Trinajstić information content (AvgIpc) is 1.59. The predicted octanol–water partition coefficient (Wildman–Crippen LogP) is -7.12. The molecule has 14 heavy (non-hydrogen) atoms. The molecule has 0 saturated heterocycles. The number of rotatable bonds is 0. The second-order valence-corrected chi connectivity index (χ2v) is 2.38. The minimum Gasteiger partial charge on any atom is -0.344 e. The maximum atomic E-state index is 8.60. The molecule has 8 N–H and O–H groups in total. The van der Waals surface area contributed by atoms with Crippen LogP contribution < -0.4 is 40.3 Å². The smallest absolute Gasteiger partial charge is 0.0777 e. The van der Waals surface area contributed by atoms with Crippen LogP contribution in [0.2, 0.25) is 0 Å². The summed E-state index contributed by atoms with van der Waals surface area (Å²) >= 11 is 0. The van der Waals surface area contributed by atoms with Crippen LogP contribution in [0.1, 0.15) is 0 Å². The number of hydrogen-bond donors (Lipinski definition) is 4. The summed E-state index contributed by atoms with van der Waals surface area (Å²) in [4.78, 5) is 0. The largest absolute Gasteiger partial charge is 0.344 e. The van der Waals surface area contributed by atoms with E-state index >= 15 is 0 Å². The number of hydrogen-bond acceptors (Lipinski definition) is 10. The fourth-order valence-electron chi connectivity index (χ4n) is 0. The molecule has 0 heterocycles. The van der Waals surface area contributed by atoms with E-state index in [1.807, 2.05) is 0 Å². The van der Waals surface area contributed by atoms with Gasteiger partial charge in [-0.25, -0.2) is 0 Å². The lowest BCUT2D eigenvalue weighted by molar-refractivity contribution is -1.92. The summed E-state index contributed by atoms with van der Waals surface area (Å²) in [6, 6.07) is 0. The highest BCUT2D eigenvalue weighted by Crippen LogP contribution is 1.61. The van der Waals surface area contributed by atoms with E-state index < -0.39 is 20.5 Å². The van der Waals surface area contributed by atoms with Crippen LogP contribution in [0, 0.1) is 20.5 Å². The van der Waals surface area contributed by atoms with E-state index in [9.17, 15) is 0 Å². The second kappa shape index (κ2) is 12.9. The quantitative estimate of drug-likeness (QED) is 0.300. The second-order valence-electron chi connectivity index (χ2n) is 0.792. The summed E-state index contributed by atoms with van der Waals surface area (Å²) in [6.07, 6.45) is 0. The van der Waals surface area contributed by atoms with Gasteiger partial charge in [0.25, 0.3) is 0 Å². The highest BCUT2D eigenvalue weighted by atomic mass is 35.7. The maximum absolute atomic E-state index is 8.60. The zero-order chi connectivity index (χ0) is 11.0. The molecule has 92 valence electrons. The SMILES string of the molecule is C=C.N.N.[O-][Cl+3]([O-])([O-])O.[O-][Cl+3]([O-])([O-])O. The lowest BCUT2D eigenvalue weighted by Crippen LogP contribution is -2.58. The van der Waals surface area contributed by atoms with Gasteiger partial charge in [-0.15, -0.1) is 13.2 Å². The van der Waals surface area contributed by atoms with E-state index in [-0.39, 0.29) is 12.3 Å². The molecule has 0 atom stereocenters. The molecule has 0 radical (unpaired) electrons. The van der Waals surface area contributed by atoms with Gasteiger partial charge >= 0.3 is 0 Å². The lowest BCUT2D eigenvalue weighted by Gasteiger charge is -2.03. The van der Waals surface area contributed by atoms with Gasteiger partial charge in [-0.05, 0) is 0 Å². The highest BCUT2D eigenvalue weighted by Gasteiger charge is 1.99. The zero-order valence-corrected chi connectivity index (χ0v) is 8.44. The molecule has 0 aliphatic carbocycles. The molecule has 0 rings (SSSR count). The Morgan fingerprint density at radius 3 is 0.643 bits per heavy atom. The van der Waals surface area contributed by atoms with Crippen molar-refractivity contribution in [2.75, 3.05) is 0 Å². The summed E-state index contributed by atoms with van der Waals surface area (Å²) in [5.41, 5.74) is 0. The van der Waals surface area contributed by atoms with Crippen molar-refractivity contribution >= 4 is 0 Å². The van der Waals surface area contributed by atoms with Gasteiger partial charge in [-0.3, -0.25) is 0 Å². The Hall–Kier alpha value is -0.0800. The molecule has 0 spiro atoms. The third-order valence-electron chi connectivity index (χ3n) is 0. The molecule has 0 aromatic heterocycles. The van der Waals surface area contributed by atoms with Crippen LogP contribution in [0.25, 0.3) is 0 Å². The molecule has 0 aromatic carbocycles. The van der Waals surface area contributed by atoms with Crippen molar-refractivity contribution in [3.63, 3.8) is 0 Å². The molecule has 0 aliphatic heterocycles. The fourth-order valence-corrected chi connectivity index (χ4v) is 0. The number of halogens is 2. The fraction of sp³-hybridized carbons (Fsp3) is 0. The summed E-state index contributed by atoms with van der Waals surface area (Å²) in [7, 11) is -9.39. The standard InChI is InChI=1S/C2H4.2ClHO4.2H3N/c1-2;2*2-1(3,4)5;;/h1-2H2;2*(H,2,3,4,5);2*1H3. The van der Waals surface area contributed by atoms with Crippen molar-refractivity contribution < 1.29 is 57.8 Å². The Morgan fingerprint density at radius 1 is 0.643 bits per heavy atom. The van der Waals surface area contributed by atoms with Crippen LogP contribution in [0.3, 0.4) is 0 Å². The first kappa shape index (κ1) is 29.2. The van der Waals surface area contributed by atoms with Gasteiger partial charge in [0, 0.05) is 0 Å². The lowest BCUT2D eigenvalue weighted by atomic mass is 11.3. The van der Waals surface area contributed by atoms with E-state index in [1.54, 1.807) is 0 Å². The van der Waals surface area contributed by atoms with E-state index in [4.69, 9.17) is 37.3 Å². The first-order chi connectivity index (χ1) is 5.00. The first-order valence-electron chi connectivity index (χ1n) is 1.76. The van der Waals surface area contributed by atoms with Crippen LogP contribution >= 0.6 is 0 Å². The van der Waals surface area contributed by atoms with Gasteiger partial charge in [-0.1, -0.05) is 0 Å². The van der Waals surface area contributed by atoms with Gasteiger partial charge in [0.2, 0.25) is 0 Å². The average molecular weight is 263 g/mol. The maximum Gasteiger partial charge on any atom is 0.0777 e. The van der Waals surface area contributed by atoms with E-state index in [2.05, 4.69) is 13.2 Å². The van der Waals surface area contributed by atoms with E-state index in [1.165, 1.54) is 0 Å². The van der Waals surface area contributed by atoms with Crippen LogP contribution in [0.4, 0.5) is 0 Å². The Kier molecular flexibility index (Phi) is 27.0. The minimum absolute atomic E-state index is 0. The van der Waals surface area contributed by atoms with E-state index in [0.717, 1.165) is 0 Å². The van der Waals surface area contributed by atoms with Crippen molar-refractivity contribution in [2.45, 2.75) is 0 Å².